The number of halogens is 3. The van der Waals surface area contributed by atoms with Gasteiger partial charge in [-0.3, -0.25) is 0 Å². The second-order valence-corrected chi connectivity index (χ2v) is 4.58. The summed E-state index contributed by atoms with van der Waals surface area (Å²) in [5, 5.41) is 1.87. The zero-order valence-corrected chi connectivity index (χ0v) is 12.7. The van der Waals surface area contributed by atoms with Gasteiger partial charge in [-0.05, 0) is 19.1 Å². The van der Waals surface area contributed by atoms with Gasteiger partial charge in [0.25, 0.3) is 0 Å². The Balaban J connectivity index is 0.00000196. The minimum Gasteiger partial charge on any atom is -1.00 e. The Morgan fingerprint density at radius 1 is 1.27 bits per heavy atom. The van der Waals surface area contributed by atoms with Gasteiger partial charge < -0.3 is 21.9 Å². The number of quaternary nitrogens is 1. The van der Waals surface area contributed by atoms with E-state index in [0.717, 1.165) is 23.4 Å². The molecule has 0 radical (unpaired) electrons. The molecule has 0 aliphatic carbocycles. The van der Waals surface area contributed by atoms with E-state index in [1.165, 1.54) is 12.1 Å². The van der Waals surface area contributed by atoms with E-state index in [1.54, 1.807) is 4.90 Å². The van der Waals surface area contributed by atoms with Crippen molar-refractivity contribution in [2.45, 2.75) is 13.5 Å². The molecule has 1 unspecified atom stereocenters. The second kappa shape index (κ2) is 8.57. The molecule has 1 rings (SSSR count). The molecule has 0 amide bonds. The van der Waals surface area contributed by atoms with Crippen LogP contribution >= 0.6 is 27.5 Å². The predicted octanol–water partition coefficient (Wildman–Crippen LogP) is -0.856. The van der Waals surface area contributed by atoms with Crippen molar-refractivity contribution in [2.75, 3.05) is 18.4 Å². The summed E-state index contributed by atoms with van der Waals surface area (Å²) in [7, 11) is 0. The van der Waals surface area contributed by atoms with Gasteiger partial charge in [0, 0.05) is 10.6 Å². The van der Waals surface area contributed by atoms with Crippen LogP contribution in [0.4, 0.5) is 0 Å². The van der Waals surface area contributed by atoms with Crippen molar-refractivity contribution >= 4 is 27.5 Å². The Morgan fingerprint density at radius 3 is 2.33 bits per heavy atom. The summed E-state index contributed by atoms with van der Waals surface area (Å²) in [5.74, 6) is 0. The van der Waals surface area contributed by atoms with Gasteiger partial charge in [-0.25, -0.2) is 0 Å². The first kappa shape index (κ1) is 15.4. The first-order chi connectivity index (χ1) is 6.76. The molecule has 4 heteroatoms. The lowest BCUT2D eigenvalue weighted by Crippen LogP contribution is -3.10. The van der Waals surface area contributed by atoms with Crippen LogP contribution in [0.3, 0.4) is 0 Å². The van der Waals surface area contributed by atoms with Crippen molar-refractivity contribution < 1.29 is 21.9 Å². The Labute approximate surface area is 116 Å². The summed E-state index contributed by atoms with van der Waals surface area (Å²) in [6.07, 6.45) is 0. The first-order valence-corrected chi connectivity index (χ1v) is 6.40. The molecular formula is C11H16Br2ClN. The lowest BCUT2D eigenvalue weighted by Gasteiger charge is -2.16. The van der Waals surface area contributed by atoms with Gasteiger partial charge in [-0.2, -0.15) is 0 Å². The van der Waals surface area contributed by atoms with Gasteiger partial charge in [0.2, 0.25) is 0 Å². The van der Waals surface area contributed by atoms with E-state index in [0.29, 0.717) is 0 Å². The number of nitrogens with one attached hydrogen (secondary N) is 1. The van der Waals surface area contributed by atoms with Crippen LogP contribution in [0, 0.1) is 0 Å². The fourth-order valence-electron chi connectivity index (χ4n) is 1.41. The normalized spacial score (nSPS) is 11.9. The quantitative estimate of drug-likeness (QED) is 0.655. The minimum absolute atomic E-state index is 0. The monoisotopic (exact) mass is 355 g/mol. The SMILES string of the molecule is CC[NH+](CCBr)Cc1ccc(Cl)cc1.[Br-]. The van der Waals surface area contributed by atoms with Crippen molar-refractivity contribution in [3.63, 3.8) is 0 Å². The molecule has 86 valence electrons. The van der Waals surface area contributed by atoms with Gasteiger partial charge in [0.05, 0.1) is 18.4 Å². The molecule has 1 aromatic rings. The topological polar surface area (TPSA) is 4.44 Å². The molecule has 1 aromatic carbocycles. The van der Waals surface area contributed by atoms with Crippen LogP contribution in [-0.2, 0) is 6.54 Å². The van der Waals surface area contributed by atoms with Gasteiger partial charge in [-0.15, -0.1) is 0 Å². The Morgan fingerprint density at radius 2 is 1.87 bits per heavy atom. The fraction of sp³-hybridized carbons (Fsp3) is 0.455. The van der Waals surface area contributed by atoms with Gasteiger partial charge in [0.15, 0.2) is 0 Å². The molecule has 0 bridgehead atoms. The Bertz CT molecular complexity index is 264. The number of benzene rings is 1. The third-order valence-corrected chi connectivity index (χ3v) is 2.96. The second-order valence-electron chi connectivity index (χ2n) is 3.35. The zero-order valence-electron chi connectivity index (χ0n) is 8.77. The standard InChI is InChI=1S/C11H15BrClN.BrH/c1-2-14(8-7-12)9-10-3-5-11(13)6-4-10;/h3-6H,2,7-9H2,1H3;1H. The maximum Gasteiger partial charge on any atom is 0.103 e. The summed E-state index contributed by atoms with van der Waals surface area (Å²) < 4.78 is 0. The molecule has 0 heterocycles. The highest BCUT2D eigenvalue weighted by molar-refractivity contribution is 9.09. The number of hydrogen-bond acceptors (Lipinski definition) is 0. The van der Waals surface area contributed by atoms with Crippen LogP contribution in [0.1, 0.15) is 12.5 Å². The predicted molar refractivity (Wildman–Crippen MR) is 65.3 cm³/mol. The van der Waals surface area contributed by atoms with Crippen LogP contribution < -0.4 is 21.9 Å². The number of alkyl halides is 1. The highest BCUT2D eigenvalue weighted by Gasteiger charge is 2.05. The van der Waals surface area contributed by atoms with Crippen LogP contribution in [-0.4, -0.2) is 18.4 Å². The molecule has 0 saturated carbocycles. The lowest BCUT2D eigenvalue weighted by atomic mass is 10.2. The minimum atomic E-state index is 0. The number of hydrogen-bond donors (Lipinski definition) is 1. The molecular weight excluding hydrogens is 341 g/mol. The van der Waals surface area contributed by atoms with Crippen molar-refractivity contribution in [3.05, 3.63) is 34.9 Å². The molecule has 0 aliphatic heterocycles. The highest BCUT2D eigenvalue weighted by atomic mass is 79.9. The zero-order chi connectivity index (χ0) is 10.4. The van der Waals surface area contributed by atoms with Gasteiger partial charge in [-0.1, -0.05) is 39.7 Å². The summed E-state index contributed by atoms with van der Waals surface area (Å²) in [4.78, 5) is 1.59. The third kappa shape index (κ3) is 5.91. The summed E-state index contributed by atoms with van der Waals surface area (Å²) in [6.45, 7) is 5.63. The van der Waals surface area contributed by atoms with E-state index in [-0.39, 0.29) is 17.0 Å². The molecule has 15 heavy (non-hydrogen) atoms. The molecule has 1 N–H and O–H groups in total. The largest absolute Gasteiger partial charge is 1.00 e. The first-order valence-electron chi connectivity index (χ1n) is 4.90. The van der Waals surface area contributed by atoms with Crippen molar-refractivity contribution in [1.82, 2.24) is 0 Å². The van der Waals surface area contributed by atoms with E-state index < -0.39 is 0 Å². The maximum absolute atomic E-state index is 5.83. The Kier molecular flexibility index (Phi) is 8.81. The fourth-order valence-corrected chi connectivity index (χ4v) is 2.10. The summed E-state index contributed by atoms with van der Waals surface area (Å²) >= 11 is 9.30. The molecule has 0 aliphatic rings. The van der Waals surface area contributed by atoms with E-state index in [4.69, 9.17) is 11.6 Å². The summed E-state index contributed by atoms with van der Waals surface area (Å²) in [6, 6.07) is 8.12. The van der Waals surface area contributed by atoms with Crippen molar-refractivity contribution in [2.24, 2.45) is 0 Å². The third-order valence-electron chi connectivity index (χ3n) is 2.32. The van der Waals surface area contributed by atoms with Crippen LogP contribution in [0.25, 0.3) is 0 Å². The molecule has 0 saturated heterocycles. The van der Waals surface area contributed by atoms with Crippen LogP contribution in [0.2, 0.25) is 5.02 Å². The smallest absolute Gasteiger partial charge is 0.103 e. The van der Waals surface area contributed by atoms with E-state index >= 15 is 0 Å². The molecule has 0 aromatic heterocycles. The molecule has 0 spiro atoms. The van der Waals surface area contributed by atoms with E-state index in [9.17, 15) is 0 Å². The highest BCUT2D eigenvalue weighted by Crippen LogP contribution is 2.08. The number of rotatable bonds is 5. The average Bonchev–Trinajstić information content (AvgIpc) is 2.20. The lowest BCUT2D eigenvalue weighted by molar-refractivity contribution is -0.909. The van der Waals surface area contributed by atoms with Crippen LogP contribution in [0.5, 0.6) is 0 Å². The van der Waals surface area contributed by atoms with Gasteiger partial charge in [0.1, 0.15) is 6.54 Å². The summed E-state index contributed by atoms with van der Waals surface area (Å²) in [5.41, 5.74) is 1.35. The maximum atomic E-state index is 5.83. The van der Waals surface area contributed by atoms with Gasteiger partial charge >= 0.3 is 0 Å². The average molecular weight is 358 g/mol. The molecule has 1 atom stereocenters. The van der Waals surface area contributed by atoms with E-state index in [2.05, 4.69) is 35.0 Å². The van der Waals surface area contributed by atoms with E-state index in [1.807, 2.05) is 12.1 Å². The molecule has 1 nitrogen and oxygen atoms in total. The van der Waals surface area contributed by atoms with Crippen LogP contribution in [0.15, 0.2) is 24.3 Å². The van der Waals surface area contributed by atoms with Crippen molar-refractivity contribution in [1.29, 1.82) is 0 Å². The van der Waals surface area contributed by atoms with Crippen molar-refractivity contribution in [3.8, 4) is 0 Å². The molecule has 0 fully saturated rings. The Hall–Kier alpha value is 0.430.